The fourth-order valence-corrected chi connectivity index (χ4v) is 2.07. The van der Waals surface area contributed by atoms with E-state index in [1.54, 1.807) is 11.3 Å². The molecule has 1 unspecified atom stereocenters. The molecule has 14 heavy (non-hydrogen) atoms. The minimum absolute atomic E-state index is 0.0225. The largest absolute Gasteiger partial charge is 0.393 e. The second-order valence-electron chi connectivity index (χ2n) is 4.91. The molecule has 2 heteroatoms. The topological polar surface area (TPSA) is 20.2 Å². The average Bonchev–Trinajstić information content (AvgIpc) is 2.55. The van der Waals surface area contributed by atoms with Crippen molar-refractivity contribution in [3.8, 4) is 0 Å². The Balaban J connectivity index is 2.22. The Bertz CT molecular complexity index is 246. The zero-order valence-corrected chi connectivity index (χ0v) is 10.1. The molecule has 0 fully saturated rings. The highest BCUT2D eigenvalue weighted by molar-refractivity contribution is 7.07. The van der Waals surface area contributed by atoms with Crippen molar-refractivity contribution in [2.75, 3.05) is 0 Å². The van der Waals surface area contributed by atoms with Gasteiger partial charge in [0.25, 0.3) is 0 Å². The van der Waals surface area contributed by atoms with Gasteiger partial charge in [-0.25, -0.2) is 0 Å². The van der Waals surface area contributed by atoms with Crippen LogP contribution in [0, 0.1) is 5.41 Å². The number of aliphatic hydroxyl groups is 1. The molecule has 0 radical (unpaired) electrons. The van der Waals surface area contributed by atoms with Crippen molar-refractivity contribution in [1.29, 1.82) is 0 Å². The summed E-state index contributed by atoms with van der Waals surface area (Å²) in [4.78, 5) is 0. The normalized spacial score (nSPS) is 14.3. The molecule has 0 spiro atoms. The minimum Gasteiger partial charge on any atom is -0.393 e. The summed E-state index contributed by atoms with van der Waals surface area (Å²) >= 11 is 1.74. The first kappa shape index (κ1) is 11.7. The Kier molecular flexibility index (Phi) is 4.14. The van der Waals surface area contributed by atoms with E-state index in [0.29, 0.717) is 0 Å². The van der Waals surface area contributed by atoms with E-state index in [4.69, 9.17) is 0 Å². The van der Waals surface area contributed by atoms with Crippen LogP contribution in [-0.2, 0) is 6.42 Å². The third-order valence-corrected chi connectivity index (χ3v) is 3.25. The van der Waals surface area contributed by atoms with Crippen LogP contribution in [0.3, 0.4) is 0 Å². The highest BCUT2D eigenvalue weighted by Crippen LogP contribution is 2.23. The molecule has 1 heterocycles. The molecular formula is C12H20OS. The van der Waals surface area contributed by atoms with Crippen LogP contribution >= 0.6 is 11.3 Å². The van der Waals surface area contributed by atoms with Crippen molar-refractivity contribution in [3.63, 3.8) is 0 Å². The molecule has 1 aromatic rings. The lowest BCUT2D eigenvalue weighted by Gasteiger charge is -2.25. The summed E-state index contributed by atoms with van der Waals surface area (Å²) in [6, 6.07) is 2.16. The average molecular weight is 212 g/mol. The smallest absolute Gasteiger partial charge is 0.0588 e. The van der Waals surface area contributed by atoms with Crippen LogP contribution in [0.25, 0.3) is 0 Å². The molecule has 80 valence electrons. The summed E-state index contributed by atoms with van der Waals surface area (Å²) in [5, 5.41) is 14.1. The molecule has 1 nitrogen and oxygen atoms in total. The Hall–Kier alpha value is -0.340. The fourth-order valence-electron chi connectivity index (χ4n) is 1.37. The lowest BCUT2D eigenvalue weighted by atomic mass is 9.86. The highest BCUT2D eigenvalue weighted by Gasteiger charge is 2.21. The van der Waals surface area contributed by atoms with Crippen LogP contribution in [0.5, 0.6) is 0 Å². The van der Waals surface area contributed by atoms with Gasteiger partial charge < -0.3 is 5.11 Å². The van der Waals surface area contributed by atoms with Crippen molar-refractivity contribution in [3.05, 3.63) is 22.4 Å². The van der Waals surface area contributed by atoms with Crippen molar-refractivity contribution in [2.45, 2.75) is 46.1 Å². The Labute approximate surface area is 90.8 Å². The number of hydrogen-bond acceptors (Lipinski definition) is 2. The summed E-state index contributed by atoms with van der Waals surface area (Å²) in [6.45, 7) is 6.26. The monoisotopic (exact) mass is 212 g/mol. The van der Waals surface area contributed by atoms with E-state index in [-0.39, 0.29) is 11.5 Å². The number of aliphatic hydroxyl groups excluding tert-OH is 1. The number of thiophene rings is 1. The van der Waals surface area contributed by atoms with E-state index in [1.165, 1.54) is 5.56 Å². The van der Waals surface area contributed by atoms with Gasteiger partial charge >= 0.3 is 0 Å². The maximum absolute atomic E-state index is 9.82. The van der Waals surface area contributed by atoms with Gasteiger partial charge in [-0.05, 0) is 47.1 Å². The maximum Gasteiger partial charge on any atom is 0.0588 e. The first-order valence-corrected chi connectivity index (χ1v) is 6.13. The van der Waals surface area contributed by atoms with E-state index in [9.17, 15) is 5.11 Å². The third kappa shape index (κ3) is 3.81. The van der Waals surface area contributed by atoms with Gasteiger partial charge in [-0.3, -0.25) is 0 Å². The third-order valence-electron chi connectivity index (χ3n) is 2.52. The fraction of sp³-hybridized carbons (Fsp3) is 0.667. The van der Waals surface area contributed by atoms with Crippen LogP contribution in [0.1, 0.15) is 39.2 Å². The van der Waals surface area contributed by atoms with Crippen molar-refractivity contribution < 1.29 is 5.11 Å². The van der Waals surface area contributed by atoms with E-state index < -0.39 is 0 Å². The minimum atomic E-state index is -0.180. The molecule has 0 amide bonds. The lowest BCUT2D eigenvalue weighted by molar-refractivity contribution is 0.0540. The van der Waals surface area contributed by atoms with Crippen molar-refractivity contribution >= 4 is 11.3 Å². The quantitative estimate of drug-likeness (QED) is 0.810. The van der Waals surface area contributed by atoms with Gasteiger partial charge in [0.15, 0.2) is 0 Å². The first-order chi connectivity index (χ1) is 6.50. The van der Waals surface area contributed by atoms with Crippen molar-refractivity contribution in [2.24, 2.45) is 5.41 Å². The summed E-state index contributed by atoms with van der Waals surface area (Å²) in [5.41, 5.74) is 1.42. The Morgan fingerprint density at radius 2 is 2.14 bits per heavy atom. The lowest BCUT2D eigenvalue weighted by Crippen LogP contribution is -2.25. The Morgan fingerprint density at radius 3 is 2.64 bits per heavy atom. The van der Waals surface area contributed by atoms with Gasteiger partial charge in [0.05, 0.1) is 6.10 Å². The second-order valence-corrected chi connectivity index (χ2v) is 5.69. The van der Waals surface area contributed by atoms with Crippen LogP contribution in [-0.4, -0.2) is 11.2 Å². The number of hydrogen-bond donors (Lipinski definition) is 1. The van der Waals surface area contributed by atoms with Gasteiger partial charge in [-0.1, -0.05) is 20.8 Å². The predicted octanol–water partition coefficient (Wildman–Crippen LogP) is 3.48. The molecule has 1 aromatic heterocycles. The summed E-state index contributed by atoms with van der Waals surface area (Å²) in [7, 11) is 0. The first-order valence-electron chi connectivity index (χ1n) is 5.19. The number of rotatable bonds is 4. The summed E-state index contributed by atoms with van der Waals surface area (Å²) in [5.74, 6) is 0. The zero-order valence-electron chi connectivity index (χ0n) is 9.29. The molecule has 0 aliphatic carbocycles. The molecule has 1 N–H and O–H groups in total. The van der Waals surface area contributed by atoms with Crippen LogP contribution in [0.2, 0.25) is 0 Å². The van der Waals surface area contributed by atoms with Gasteiger partial charge in [0.2, 0.25) is 0 Å². The predicted molar refractivity (Wildman–Crippen MR) is 62.7 cm³/mol. The zero-order chi connectivity index (χ0) is 10.6. The molecule has 0 saturated carbocycles. The van der Waals surface area contributed by atoms with Gasteiger partial charge in [0.1, 0.15) is 0 Å². The molecule has 0 aliphatic rings. The standard InChI is InChI=1S/C12H20OS/c1-12(2,3)11(13)6-4-5-10-7-8-14-9-10/h7-9,11,13H,4-6H2,1-3H3. The van der Waals surface area contributed by atoms with Crippen LogP contribution in [0.15, 0.2) is 16.8 Å². The molecule has 0 saturated heterocycles. The highest BCUT2D eigenvalue weighted by atomic mass is 32.1. The molecular weight excluding hydrogens is 192 g/mol. The van der Waals surface area contributed by atoms with Gasteiger partial charge in [0, 0.05) is 0 Å². The molecule has 1 atom stereocenters. The molecule has 1 rings (SSSR count). The van der Waals surface area contributed by atoms with Gasteiger partial charge in [-0.2, -0.15) is 11.3 Å². The Morgan fingerprint density at radius 1 is 1.43 bits per heavy atom. The maximum atomic E-state index is 9.82. The van der Waals surface area contributed by atoms with Crippen molar-refractivity contribution in [1.82, 2.24) is 0 Å². The van der Waals surface area contributed by atoms with E-state index >= 15 is 0 Å². The summed E-state index contributed by atoms with van der Waals surface area (Å²) < 4.78 is 0. The molecule has 0 aromatic carbocycles. The van der Waals surface area contributed by atoms with Crippen LogP contribution in [0.4, 0.5) is 0 Å². The van der Waals surface area contributed by atoms with Crippen LogP contribution < -0.4 is 0 Å². The summed E-state index contributed by atoms with van der Waals surface area (Å²) in [6.07, 6.45) is 2.90. The SMILES string of the molecule is CC(C)(C)C(O)CCCc1ccsc1. The van der Waals surface area contributed by atoms with E-state index in [0.717, 1.165) is 19.3 Å². The number of aryl methyl sites for hydroxylation is 1. The van der Waals surface area contributed by atoms with Gasteiger partial charge in [-0.15, -0.1) is 0 Å². The molecule has 0 aliphatic heterocycles. The second kappa shape index (κ2) is 4.94. The van der Waals surface area contributed by atoms with E-state index in [1.807, 2.05) is 0 Å². The van der Waals surface area contributed by atoms with E-state index in [2.05, 4.69) is 37.6 Å². The molecule has 0 bridgehead atoms.